The fraction of sp³-hybridized carbons (Fsp3) is 0. The Morgan fingerprint density at radius 3 is 2.77 bits per heavy atom. The van der Waals surface area contributed by atoms with Crippen molar-refractivity contribution >= 4 is 11.6 Å². The Morgan fingerprint density at radius 1 is 1.23 bits per heavy atom. The second-order valence-corrected chi connectivity index (χ2v) is 2.81. The normalized spacial score (nSPS) is 9.92. The van der Waals surface area contributed by atoms with Gasteiger partial charge in [0.15, 0.2) is 6.26 Å². The molecule has 13 heavy (non-hydrogen) atoms. The van der Waals surface area contributed by atoms with E-state index in [0.717, 1.165) is 0 Å². The summed E-state index contributed by atoms with van der Waals surface area (Å²) in [6, 6.07) is 10.5. The number of halogens is 1. The zero-order chi connectivity index (χ0) is 9.10. The van der Waals surface area contributed by atoms with E-state index in [-0.39, 0.29) is 0 Å². The Hall–Kier alpha value is -1.41. The third kappa shape index (κ3) is 1.84. The summed E-state index contributed by atoms with van der Waals surface area (Å²) in [6.45, 7) is 0. The molecule has 0 aliphatic heterocycles. The molecule has 1 radical (unpaired) electrons. The molecule has 0 saturated carbocycles. The molecule has 0 spiro atoms. The van der Waals surface area contributed by atoms with E-state index in [0.29, 0.717) is 16.7 Å². The van der Waals surface area contributed by atoms with E-state index in [4.69, 9.17) is 20.8 Å². The third-order valence-corrected chi connectivity index (χ3v) is 1.81. The van der Waals surface area contributed by atoms with E-state index in [2.05, 4.69) is 6.26 Å². The molecule has 0 N–H and O–H groups in total. The van der Waals surface area contributed by atoms with Gasteiger partial charge in [0.2, 0.25) is 0 Å². The molecule has 0 amide bonds. The Labute approximate surface area is 80.7 Å². The second kappa shape index (κ2) is 3.54. The van der Waals surface area contributed by atoms with Crippen molar-refractivity contribution < 1.29 is 9.15 Å². The largest absolute Gasteiger partial charge is 0.424 e. The molecule has 0 saturated heterocycles. The Kier molecular flexibility index (Phi) is 2.23. The molecule has 2 nitrogen and oxygen atoms in total. The highest BCUT2D eigenvalue weighted by Crippen LogP contribution is 2.28. The Bertz CT molecular complexity index is 382. The molecule has 0 aliphatic rings. The van der Waals surface area contributed by atoms with Crippen molar-refractivity contribution in [3.63, 3.8) is 0 Å². The van der Waals surface area contributed by atoms with Gasteiger partial charge >= 0.3 is 0 Å². The first kappa shape index (κ1) is 8.20. The summed E-state index contributed by atoms with van der Waals surface area (Å²) in [7, 11) is 0. The average molecular weight is 194 g/mol. The maximum atomic E-state index is 5.86. The maximum absolute atomic E-state index is 5.86. The average Bonchev–Trinajstić information content (AvgIpc) is 2.61. The highest BCUT2D eigenvalue weighted by atomic mass is 35.5. The molecular formula is C10H6ClO2. The predicted octanol–water partition coefficient (Wildman–Crippen LogP) is 3.53. The topological polar surface area (TPSA) is 22.4 Å². The van der Waals surface area contributed by atoms with Gasteiger partial charge in [0.05, 0.1) is 5.02 Å². The van der Waals surface area contributed by atoms with Crippen LogP contribution in [0.2, 0.25) is 5.02 Å². The number of hydrogen-bond acceptors (Lipinski definition) is 2. The quantitative estimate of drug-likeness (QED) is 0.728. The highest BCUT2D eigenvalue weighted by molar-refractivity contribution is 6.32. The number of hydrogen-bond donors (Lipinski definition) is 0. The van der Waals surface area contributed by atoms with Crippen LogP contribution in [0.5, 0.6) is 11.7 Å². The van der Waals surface area contributed by atoms with Crippen LogP contribution in [-0.4, -0.2) is 0 Å². The summed E-state index contributed by atoms with van der Waals surface area (Å²) in [5, 5.41) is 0.555. The van der Waals surface area contributed by atoms with Gasteiger partial charge in [-0.25, -0.2) is 0 Å². The van der Waals surface area contributed by atoms with Gasteiger partial charge in [-0.05, 0) is 18.2 Å². The van der Waals surface area contributed by atoms with E-state index in [1.165, 1.54) is 0 Å². The fourth-order valence-corrected chi connectivity index (χ4v) is 1.09. The summed E-state index contributed by atoms with van der Waals surface area (Å²) in [6.07, 6.45) is 2.53. The predicted molar refractivity (Wildman–Crippen MR) is 49.1 cm³/mol. The van der Waals surface area contributed by atoms with Crippen molar-refractivity contribution in [2.24, 2.45) is 0 Å². The van der Waals surface area contributed by atoms with Crippen LogP contribution in [-0.2, 0) is 0 Å². The molecule has 2 rings (SSSR count). The first-order chi connectivity index (χ1) is 6.36. The SMILES string of the molecule is Clc1ccccc1Oc1cc[c]o1. The van der Waals surface area contributed by atoms with Crippen molar-refractivity contribution in [3.8, 4) is 11.7 Å². The van der Waals surface area contributed by atoms with Crippen LogP contribution in [0, 0.1) is 6.26 Å². The smallest absolute Gasteiger partial charge is 0.290 e. The van der Waals surface area contributed by atoms with Crippen molar-refractivity contribution in [1.82, 2.24) is 0 Å². The zero-order valence-corrected chi connectivity index (χ0v) is 7.41. The van der Waals surface area contributed by atoms with Crippen LogP contribution < -0.4 is 4.74 Å². The molecule has 0 atom stereocenters. The Morgan fingerprint density at radius 2 is 2.08 bits per heavy atom. The number of furan rings is 1. The lowest BCUT2D eigenvalue weighted by molar-refractivity contribution is 0.344. The van der Waals surface area contributed by atoms with Crippen LogP contribution in [0.1, 0.15) is 0 Å². The van der Waals surface area contributed by atoms with Crippen LogP contribution in [0.3, 0.4) is 0 Å². The minimum absolute atomic E-state index is 0.383. The second-order valence-electron chi connectivity index (χ2n) is 2.40. The number of rotatable bonds is 2. The minimum atomic E-state index is 0.383. The standard InChI is InChI=1S/C10H6ClO2/c11-8-4-1-2-5-9(8)13-10-6-3-7-12-10/h1-6H. The first-order valence-corrected chi connectivity index (χ1v) is 4.12. The summed E-state index contributed by atoms with van der Waals surface area (Å²) in [4.78, 5) is 0. The molecule has 1 aromatic carbocycles. The van der Waals surface area contributed by atoms with E-state index in [1.807, 2.05) is 12.1 Å². The minimum Gasteiger partial charge on any atom is -0.424 e. The van der Waals surface area contributed by atoms with Crippen molar-refractivity contribution in [3.05, 3.63) is 47.7 Å². The summed E-state index contributed by atoms with van der Waals surface area (Å²) in [5.41, 5.74) is 0. The first-order valence-electron chi connectivity index (χ1n) is 3.74. The fourth-order valence-electron chi connectivity index (χ4n) is 0.919. The Balaban J connectivity index is 2.24. The van der Waals surface area contributed by atoms with E-state index in [1.54, 1.807) is 24.3 Å². The van der Waals surface area contributed by atoms with Gasteiger partial charge in [-0.2, -0.15) is 0 Å². The lowest BCUT2D eigenvalue weighted by Crippen LogP contribution is -1.81. The lowest BCUT2D eigenvalue weighted by atomic mass is 10.3. The van der Waals surface area contributed by atoms with Crippen molar-refractivity contribution in [2.75, 3.05) is 0 Å². The van der Waals surface area contributed by atoms with Crippen molar-refractivity contribution in [1.29, 1.82) is 0 Å². The van der Waals surface area contributed by atoms with Gasteiger partial charge in [0.25, 0.3) is 5.95 Å². The molecule has 1 aromatic heterocycles. The van der Waals surface area contributed by atoms with E-state index in [9.17, 15) is 0 Å². The van der Waals surface area contributed by atoms with Gasteiger partial charge in [-0.3, -0.25) is 0 Å². The van der Waals surface area contributed by atoms with Gasteiger partial charge in [-0.15, -0.1) is 0 Å². The monoisotopic (exact) mass is 193 g/mol. The van der Waals surface area contributed by atoms with Crippen LogP contribution in [0.25, 0.3) is 0 Å². The molecule has 65 valence electrons. The summed E-state index contributed by atoms with van der Waals surface area (Å²) >= 11 is 5.86. The molecular weight excluding hydrogens is 188 g/mol. The van der Waals surface area contributed by atoms with Crippen LogP contribution in [0.4, 0.5) is 0 Å². The molecule has 3 heteroatoms. The molecule has 1 heterocycles. The third-order valence-electron chi connectivity index (χ3n) is 1.49. The van der Waals surface area contributed by atoms with Crippen LogP contribution in [0.15, 0.2) is 40.8 Å². The van der Waals surface area contributed by atoms with Crippen LogP contribution >= 0.6 is 11.6 Å². The van der Waals surface area contributed by atoms with E-state index < -0.39 is 0 Å². The maximum Gasteiger partial charge on any atom is 0.290 e. The molecule has 0 fully saturated rings. The van der Waals surface area contributed by atoms with Gasteiger partial charge < -0.3 is 9.15 Å². The molecule has 0 aliphatic carbocycles. The highest BCUT2D eigenvalue weighted by Gasteiger charge is 2.02. The van der Waals surface area contributed by atoms with Crippen molar-refractivity contribution in [2.45, 2.75) is 0 Å². The number of benzene rings is 1. The zero-order valence-electron chi connectivity index (χ0n) is 6.66. The molecule has 0 bridgehead atoms. The van der Waals surface area contributed by atoms with E-state index >= 15 is 0 Å². The van der Waals surface area contributed by atoms with Gasteiger partial charge in [0.1, 0.15) is 5.75 Å². The molecule has 2 aromatic rings. The number of ether oxygens (including phenoxy) is 1. The lowest BCUT2D eigenvalue weighted by Gasteiger charge is -2.02. The van der Waals surface area contributed by atoms with Gasteiger partial charge in [-0.1, -0.05) is 23.7 Å². The molecule has 0 unspecified atom stereocenters. The number of para-hydroxylation sites is 1. The summed E-state index contributed by atoms with van der Waals surface area (Å²) < 4.78 is 10.2. The van der Waals surface area contributed by atoms with Gasteiger partial charge in [0, 0.05) is 6.07 Å². The summed E-state index contributed by atoms with van der Waals surface area (Å²) in [5.74, 6) is 0.959.